The van der Waals surface area contributed by atoms with Crippen molar-refractivity contribution >= 4 is 32.6 Å². The van der Waals surface area contributed by atoms with Crippen LogP contribution in [0.1, 0.15) is 11.1 Å². The van der Waals surface area contributed by atoms with Crippen molar-refractivity contribution in [2.45, 2.75) is 13.8 Å². The molecule has 0 spiro atoms. The van der Waals surface area contributed by atoms with Gasteiger partial charge in [0.05, 0.1) is 22.4 Å². The van der Waals surface area contributed by atoms with Gasteiger partial charge < -0.3 is 4.57 Å². The molecule has 0 saturated heterocycles. The highest BCUT2D eigenvalue weighted by Crippen LogP contribution is 2.39. The van der Waals surface area contributed by atoms with Gasteiger partial charge in [-0.1, -0.05) is 54.6 Å². The first-order chi connectivity index (χ1) is 24.1. The van der Waals surface area contributed by atoms with E-state index in [1.54, 1.807) is 0 Å². The van der Waals surface area contributed by atoms with Crippen molar-refractivity contribution in [3.8, 4) is 50.5 Å². The van der Waals surface area contributed by atoms with E-state index in [1.807, 2.05) is 49.3 Å². The maximum atomic E-state index is 4.62. The van der Waals surface area contributed by atoms with Gasteiger partial charge in [-0.05, 0) is 102 Å². The van der Waals surface area contributed by atoms with E-state index in [0.717, 1.165) is 56.0 Å². The average Bonchev–Trinajstić information content (AvgIpc) is 3.49. The molecule has 0 bridgehead atoms. The smallest absolute Gasteiger partial charge is 0.0720 e. The van der Waals surface area contributed by atoms with Gasteiger partial charge in [-0.3, -0.25) is 19.9 Å². The van der Waals surface area contributed by atoms with Crippen LogP contribution in [0.3, 0.4) is 0 Å². The fraction of sp³-hybridized carbons (Fsp3) is 0.0455. The highest BCUT2D eigenvalue weighted by molar-refractivity contribution is 6.19. The van der Waals surface area contributed by atoms with E-state index in [-0.39, 0.29) is 0 Å². The Morgan fingerprint density at radius 2 is 1.02 bits per heavy atom. The predicted molar refractivity (Wildman–Crippen MR) is 201 cm³/mol. The third kappa shape index (κ3) is 5.13. The standard InChI is InChI=1S/C44H31N5/c1-28-14-16-47-41(18-28)35-21-33(24-45-26-35)30-8-11-38-32(20-30)10-13-40-39-12-9-31(23-43(39)49(44(38)40)37-6-4-3-5-7-37)34-22-36(27-46-25-34)42-19-29(2)15-17-48-42/h3-27H,1-2H3. The molecule has 0 amide bonds. The maximum absolute atomic E-state index is 4.62. The second-order valence-corrected chi connectivity index (χ2v) is 12.7. The molecule has 232 valence electrons. The molecular formula is C44H31N5. The van der Waals surface area contributed by atoms with Gasteiger partial charge >= 0.3 is 0 Å². The molecular weight excluding hydrogens is 599 g/mol. The molecule has 0 fully saturated rings. The zero-order valence-electron chi connectivity index (χ0n) is 27.2. The highest BCUT2D eigenvalue weighted by Gasteiger charge is 2.17. The Bertz CT molecular complexity index is 2690. The van der Waals surface area contributed by atoms with Gasteiger partial charge in [-0.15, -0.1) is 0 Å². The number of hydrogen-bond acceptors (Lipinski definition) is 4. The van der Waals surface area contributed by atoms with Gasteiger partial charge in [0.2, 0.25) is 0 Å². The van der Waals surface area contributed by atoms with Crippen LogP contribution in [-0.4, -0.2) is 24.5 Å². The second-order valence-electron chi connectivity index (χ2n) is 12.7. The minimum absolute atomic E-state index is 0.925. The van der Waals surface area contributed by atoms with Crippen molar-refractivity contribution in [2.75, 3.05) is 0 Å². The number of pyridine rings is 4. The molecule has 0 atom stereocenters. The molecule has 0 N–H and O–H groups in total. The Balaban J connectivity index is 1.21. The van der Waals surface area contributed by atoms with Crippen molar-refractivity contribution in [1.29, 1.82) is 0 Å². The number of benzene rings is 4. The van der Waals surface area contributed by atoms with Gasteiger partial charge in [0.25, 0.3) is 0 Å². The van der Waals surface area contributed by atoms with E-state index in [2.05, 4.69) is 141 Å². The van der Waals surface area contributed by atoms with Crippen molar-refractivity contribution in [1.82, 2.24) is 24.5 Å². The normalized spacial score (nSPS) is 11.5. The molecule has 0 unspecified atom stereocenters. The fourth-order valence-corrected chi connectivity index (χ4v) is 6.90. The van der Waals surface area contributed by atoms with Gasteiger partial charge in [0, 0.05) is 81.3 Å². The molecule has 5 heteroatoms. The van der Waals surface area contributed by atoms with Gasteiger partial charge in [-0.25, -0.2) is 0 Å². The van der Waals surface area contributed by atoms with Crippen LogP contribution in [0, 0.1) is 13.8 Å². The summed E-state index contributed by atoms with van der Waals surface area (Å²) in [4.78, 5) is 18.4. The first-order valence-corrected chi connectivity index (χ1v) is 16.4. The third-order valence-corrected chi connectivity index (χ3v) is 9.32. The summed E-state index contributed by atoms with van der Waals surface area (Å²) in [5.74, 6) is 0. The molecule has 0 saturated carbocycles. The molecule has 0 radical (unpaired) electrons. The molecule has 9 aromatic rings. The van der Waals surface area contributed by atoms with Gasteiger partial charge in [0.1, 0.15) is 0 Å². The minimum atomic E-state index is 0.925. The Hall–Kier alpha value is -6.46. The van der Waals surface area contributed by atoms with E-state index in [9.17, 15) is 0 Å². The lowest BCUT2D eigenvalue weighted by atomic mass is 9.98. The third-order valence-electron chi connectivity index (χ3n) is 9.32. The van der Waals surface area contributed by atoms with Crippen molar-refractivity contribution in [3.05, 3.63) is 164 Å². The summed E-state index contributed by atoms with van der Waals surface area (Å²) in [5, 5.41) is 4.80. The van der Waals surface area contributed by atoms with Crippen LogP contribution in [0.4, 0.5) is 0 Å². The highest BCUT2D eigenvalue weighted by atomic mass is 15.0. The van der Waals surface area contributed by atoms with E-state index >= 15 is 0 Å². The molecule has 5 heterocycles. The van der Waals surface area contributed by atoms with Crippen LogP contribution in [0.2, 0.25) is 0 Å². The van der Waals surface area contributed by atoms with Gasteiger partial charge in [-0.2, -0.15) is 0 Å². The summed E-state index contributed by atoms with van der Waals surface area (Å²) in [7, 11) is 0. The maximum Gasteiger partial charge on any atom is 0.0720 e. The van der Waals surface area contributed by atoms with Crippen molar-refractivity contribution in [3.63, 3.8) is 0 Å². The quantitative estimate of drug-likeness (QED) is 0.190. The largest absolute Gasteiger partial charge is 0.309 e. The Kier molecular flexibility index (Phi) is 6.83. The molecule has 0 aliphatic rings. The topological polar surface area (TPSA) is 56.5 Å². The summed E-state index contributed by atoms with van der Waals surface area (Å²) in [6.45, 7) is 4.17. The molecule has 5 nitrogen and oxygen atoms in total. The Morgan fingerprint density at radius 1 is 0.449 bits per heavy atom. The molecule has 49 heavy (non-hydrogen) atoms. The summed E-state index contributed by atoms with van der Waals surface area (Å²) >= 11 is 0. The predicted octanol–water partition coefficient (Wildman–Crippen LogP) is 10.8. The van der Waals surface area contributed by atoms with Crippen LogP contribution >= 0.6 is 0 Å². The van der Waals surface area contributed by atoms with Crippen LogP contribution < -0.4 is 0 Å². The lowest BCUT2D eigenvalue weighted by Gasteiger charge is -2.12. The number of nitrogens with zero attached hydrogens (tertiary/aromatic N) is 5. The number of hydrogen-bond donors (Lipinski definition) is 0. The first kappa shape index (κ1) is 28.7. The van der Waals surface area contributed by atoms with Crippen LogP contribution in [0.25, 0.3) is 83.0 Å². The molecule has 9 rings (SSSR count). The Labute approximate surface area is 284 Å². The average molecular weight is 630 g/mol. The molecule has 0 aliphatic carbocycles. The van der Waals surface area contributed by atoms with Crippen molar-refractivity contribution < 1.29 is 0 Å². The monoisotopic (exact) mass is 629 g/mol. The zero-order valence-corrected chi connectivity index (χ0v) is 27.2. The fourth-order valence-electron chi connectivity index (χ4n) is 6.90. The molecule has 0 aliphatic heterocycles. The number of fused-ring (bicyclic) bond motifs is 5. The van der Waals surface area contributed by atoms with Gasteiger partial charge in [0.15, 0.2) is 0 Å². The molecule has 5 aromatic heterocycles. The number of aryl methyl sites for hydroxylation is 2. The lowest BCUT2D eigenvalue weighted by Crippen LogP contribution is -1.94. The summed E-state index contributed by atoms with van der Waals surface area (Å²) < 4.78 is 2.40. The van der Waals surface area contributed by atoms with E-state index < -0.39 is 0 Å². The summed E-state index contributed by atoms with van der Waals surface area (Å²) in [6, 6.07) is 41.2. The first-order valence-electron chi connectivity index (χ1n) is 16.4. The van der Waals surface area contributed by atoms with E-state index in [1.165, 1.54) is 38.2 Å². The summed E-state index contributed by atoms with van der Waals surface area (Å²) in [6.07, 6.45) is 11.3. The van der Waals surface area contributed by atoms with Crippen molar-refractivity contribution in [2.24, 2.45) is 0 Å². The van der Waals surface area contributed by atoms with Crippen LogP contribution in [-0.2, 0) is 0 Å². The lowest BCUT2D eigenvalue weighted by molar-refractivity contribution is 1.19. The Morgan fingerprint density at radius 3 is 1.65 bits per heavy atom. The number of rotatable bonds is 5. The number of para-hydroxylation sites is 1. The van der Waals surface area contributed by atoms with E-state index in [4.69, 9.17) is 0 Å². The van der Waals surface area contributed by atoms with Crippen LogP contribution in [0.5, 0.6) is 0 Å². The zero-order chi connectivity index (χ0) is 32.9. The van der Waals surface area contributed by atoms with Crippen LogP contribution in [0.15, 0.2) is 152 Å². The SMILES string of the molecule is Cc1ccnc(-c2cncc(-c3ccc4c(ccc5c6ccc(-c7cncc(-c8cc(C)ccn8)c7)cc6n(-c6ccccc6)c45)c3)c2)c1. The molecule has 4 aromatic carbocycles. The van der Waals surface area contributed by atoms with E-state index in [0.29, 0.717) is 0 Å². The summed E-state index contributed by atoms with van der Waals surface area (Å²) in [5.41, 5.74) is 14.0. The minimum Gasteiger partial charge on any atom is -0.309 e. The number of aromatic nitrogens is 5. The second kappa shape index (κ2) is 11.7.